The lowest BCUT2D eigenvalue weighted by Gasteiger charge is -2.04. The second kappa shape index (κ2) is 4.24. The summed E-state index contributed by atoms with van der Waals surface area (Å²) in [5, 5.41) is 0. The first kappa shape index (κ1) is 8.41. The Morgan fingerprint density at radius 1 is 1.33 bits per heavy atom. The summed E-state index contributed by atoms with van der Waals surface area (Å²) >= 11 is 0. The van der Waals surface area contributed by atoms with E-state index in [2.05, 4.69) is 4.85 Å². The van der Waals surface area contributed by atoms with Crippen LogP contribution in [0.25, 0.3) is 4.85 Å². The molecule has 0 aliphatic carbocycles. The molecule has 12 heavy (non-hydrogen) atoms. The Bertz CT molecular complexity index is 291. The summed E-state index contributed by atoms with van der Waals surface area (Å²) < 4.78 is 10.1. The maximum Gasteiger partial charge on any atom is 0.357 e. The van der Waals surface area contributed by atoms with Crippen molar-refractivity contribution >= 4 is 0 Å². The third-order valence-electron chi connectivity index (χ3n) is 1.35. The predicted molar refractivity (Wildman–Crippen MR) is 45.1 cm³/mol. The molecule has 0 aromatic heterocycles. The summed E-state index contributed by atoms with van der Waals surface area (Å²) in [6, 6.07) is 7.24. The van der Waals surface area contributed by atoms with Gasteiger partial charge in [0.2, 0.25) is 0 Å². The second-order valence-electron chi connectivity index (χ2n) is 2.08. The van der Waals surface area contributed by atoms with E-state index in [-0.39, 0.29) is 6.73 Å². The molecule has 0 saturated heterocycles. The zero-order valence-electron chi connectivity index (χ0n) is 6.78. The molecule has 0 spiro atoms. The molecule has 0 saturated carbocycles. The number of benzene rings is 1. The summed E-state index contributed by atoms with van der Waals surface area (Å²) in [5.41, 5.74) is 0. The smallest absolute Gasteiger partial charge is 0.357 e. The van der Waals surface area contributed by atoms with Gasteiger partial charge in [-0.3, -0.25) is 4.85 Å². The van der Waals surface area contributed by atoms with Gasteiger partial charge >= 0.3 is 6.73 Å². The monoisotopic (exact) mass is 163 g/mol. The van der Waals surface area contributed by atoms with Crippen molar-refractivity contribution in [1.29, 1.82) is 0 Å². The van der Waals surface area contributed by atoms with Gasteiger partial charge in [-0.1, -0.05) is 12.1 Å². The van der Waals surface area contributed by atoms with Crippen molar-refractivity contribution < 1.29 is 9.47 Å². The Kier molecular flexibility index (Phi) is 2.97. The molecule has 0 unspecified atom stereocenters. The maximum atomic E-state index is 6.54. The molecule has 62 valence electrons. The van der Waals surface area contributed by atoms with Crippen molar-refractivity contribution in [3.05, 3.63) is 35.7 Å². The normalized spacial score (nSPS) is 8.67. The number of ether oxygens (including phenoxy) is 2. The quantitative estimate of drug-likeness (QED) is 0.635. The third-order valence-corrected chi connectivity index (χ3v) is 1.35. The minimum absolute atomic E-state index is 0.0281. The van der Waals surface area contributed by atoms with Gasteiger partial charge in [0.1, 0.15) is 0 Å². The molecule has 0 atom stereocenters. The average molecular weight is 163 g/mol. The number of hydrogen-bond acceptors (Lipinski definition) is 2. The number of nitrogens with zero attached hydrogens (tertiary/aromatic N) is 1. The lowest BCUT2D eigenvalue weighted by molar-refractivity contribution is 0.325. The summed E-state index contributed by atoms with van der Waals surface area (Å²) in [6.07, 6.45) is 0. The van der Waals surface area contributed by atoms with Gasteiger partial charge in [0.05, 0.1) is 7.11 Å². The summed E-state index contributed by atoms with van der Waals surface area (Å²) in [6.45, 7) is 6.57. The van der Waals surface area contributed by atoms with Crippen LogP contribution in [-0.2, 0) is 0 Å². The Hall–Kier alpha value is -1.69. The highest BCUT2D eigenvalue weighted by Gasteiger charge is 2.01. The first-order chi connectivity index (χ1) is 5.88. The molecule has 0 bridgehead atoms. The number of methoxy groups -OCH3 is 1. The molecular weight excluding hydrogens is 154 g/mol. The highest BCUT2D eigenvalue weighted by molar-refractivity contribution is 5.39. The fourth-order valence-corrected chi connectivity index (χ4v) is 0.840. The van der Waals surface area contributed by atoms with Gasteiger partial charge in [-0.2, -0.15) is 0 Å². The van der Waals surface area contributed by atoms with Crippen LogP contribution >= 0.6 is 0 Å². The molecule has 0 amide bonds. The largest absolute Gasteiger partial charge is 0.493 e. The summed E-state index contributed by atoms with van der Waals surface area (Å²) in [5.74, 6) is 1.26. The number of rotatable bonds is 3. The molecule has 0 aliphatic heterocycles. The standard InChI is InChI=1S/C9H9NO2/c1-10-7-12-9-6-4-3-5-8(9)11-2/h3-6H,7H2,2H3. The van der Waals surface area contributed by atoms with Crippen molar-refractivity contribution in [2.24, 2.45) is 0 Å². The minimum Gasteiger partial charge on any atom is -0.493 e. The van der Waals surface area contributed by atoms with E-state index in [0.717, 1.165) is 0 Å². The molecule has 0 aliphatic rings. The van der Waals surface area contributed by atoms with Crippen LogP contribution in [0.2, 0.25) is 0 Å². The van der Waals surface area contributed by atoms with Crippen LogP contribution < -0.4 is 9.47 Å². The molecule has 3 nitrogen and oxygen atoms in total. The van der Waals surface area contributed by atoms with Crippen molar-refractivity contribution in [3.63, 3.8) is 0 Å². The zero-order chi connectivity index (χ0) is 8.81. The van der Waals surface area contributed by atoms with E-state index in [9.17, 15) is 0 Å². The van der Waals surface area contributed by atoms with E-state index < -0.39 is 0 Å². The topological polar surface area (TPSA) is 22.8 Å². The van der Waals surface area contributed by atoms with E-state index >= 15 is 0 Å². The lowest BCUT2D eigenvalue weighted by atomic mass is 10.3. The molecule has 0 N–H and O–H groups in total. The molecule has 0 heterocycles. The van der Waals surface area contributed by atoms with Gasteiger partial charge in [-0.15, -0.1) is 0 Å². The van der Waals surface area contributed by atoms with E-state index in [0.29, 0.717) is 11.5 Å². The van der Waals surface area contributed by atoms with Crippen LogP contribution in [-0.4, -0.2) is 13.8 Å². The Balaban J connectivity index is 2.76. The first-order valence-electron chi connectivity index (χ1n) is 3.47. The van der Waals surface area contributed by atoms with Crippen molar-refractivity contribution in [2.75, 3.05) is 13.8 Å². The van der Waals surface area contributed by atoms with Crippen molar-refractivity contribution in [1.82, 2.24) is 0 Å². The van der Waals surface area contributed by atoms with E-state index in [1.165, 1.54) is 0 Å². The van der Waals surface area contributed by atoms with Gasteiger partial charge in [0, 0.05) is 0 Å². The van der Waals surface area contributed by atoms with Gasteiger partial charge in [-0.25, -0.2) is 6.57 Å². The van der Waals surface area contributed by atoms with Gasteiger partial charge in [-0.05, 0) is 12.1 Å². The average Bonchev–Trinajstić information content (AvgIpc) is 2.15. The fraction of sp³-hybridized carbons (Fsp3) is 0.222. The second-order valence-corrected chi connectivity index (χ2v) is 2.08. The Morgan fingerprint density at radius 3 is 2.58 bits per heavy atom. The first-order valence-corrected chi connectivity index (χ1v) is 3.47. The number of hydrogen-bond donors (Lipinski definition) is 0. The lowest BCUT2D eigenvalue weighted by Crippen LogP contribution is -1.94. The molecule has 1 aromatic rings. The summed E-state index contributed by atoms with van der Waals surface area (Å²) in [4.78, 5) is 3.08. The molecule has 3 heteroatoms. The van der Waals surface area contributed by atoms with Crippen LogP contribution in [0.15, 0.2) is 24.3 Å². The van der Waals surface area contributed by atoms with Crippen LogP contribution in [0, 0.1) is 6.57 Å². The van der Waals surface area contributed by atoms with Gasteiger partial charge < -0.3 is 9.47 Å². The van der Waals surface area contributed by atoms with E-state index in [1.807, 2.05) is 12.1 Å². The van der Waals surface area contributed by atoms with E-state index in [4.69, 9.17) is 16.0 Å². The molecular formula is C9H9NO2. The van der Waals surface area contributed by atoms with Crippen molar-refractivity contribution in [2.45, 2.75) is 0 Å². The highest BCUT2D eigenvalue weighted by Crippen LogP contribution is 2.25. The van der Waals surface area contributed by atoms with Gasteiger partial charge in [0.15, 0.2) is 11.5 Å². The van der Waals surface area contributed by atoms with Crippen LogP contribution in [0.1, 0.15) is 0 Å². The summed E-state index contributed by atoms with van der Waals surface area (Å²) in [7, 11) is 1.57. The van der Waals surface area contributed by atoms with Crippen LogP contribution in [0.5, 0.6) is 11.5 Å². The van der Waals surface area contributed by atoms with Crippen LogP contribution in [0.4, 0.5) is 0 Å². The Labute approximate surface area is 71.4 Å². The molecule has 0 fully saturated rings. The molecule has 1 aromatic carbocycles. The molecule has 0 radical (unpaired) electrons. The number of para-hydroxylation sites is 2. The predicted octanol–water partition coefficient (Wildman–Crippen LogP) is 1.95. The Morgan fingerprint density at radius 2 is 2.00 bits per heavy atom. The minimum atomic E-state index is 0.0281. The highest BCUT2D eigenvalue weighted by atomic mass is 16.5. The van der Waals surface area contributed by atoms with Gasteiger partial charge in [0.25, 0.3) is 0 Å². The fourth-order valence-electron chi connectivity index (χ4n) is 0.840. The molecule has 1 rings (SSSR count). The maximum absolute atomic E-state index is 6.54. The van der Waals surface area contributed by atoms with E-state index in [1.54, 1.807) is 19.2 Å². The SMILES string of the molecule is [C-]#[N+]COc1ccccc1OC. The zero-order valence-corrected chi connectivity index (χ0v) is 6.78. The third kappa shape index (κ3) is 1.89. The van der Waals surface area contributed by atoms with Crippen molar-refractivity contribution in [3.8, 4) is 11.5 Å². The van der Waals surface area contributed by atoms with Crippen LogP contribution in [0.3, 0.4) is 0 Å².